The first-order chi connectivity index (χ1) is 8.98. The van der Waals surface area contributed by atoms with E-state index in [9.17, 15) is 8.42 Å². The van der Waals surface area contributed by atoms with E-state index in [4.69, 9.17) is 10.4 Å². The second-order valence-corrected chi connectivity index (χ2v) is 6.43. The second-order valence-electron chi connectivity index (χ2n) is 4.77. The molecule has 2 rings (SSSR count). The quantitative estimate of drug-likeness (QED) is 0.866. The van der Waals surface area contributed by atoms with Crippen molar-refractivity contribution in [3.8, 4) is 6.07 Å². The van der Waals surface area contributed by atoms with Crippen molar-refractivity contribution >= 4 is 15.8 Å². The van der Waals surface area contributed by atoms with E-state index >= 15 is 0 Å². The van der Waals surface area contributed by atoms with Gasteiger partial charge in [-0.25, -0.2) is 18.5 Å². The molecule has 0 saturated carbocycles. The molecule has 0 aliphatic carbocycles. The Kier molecular flexibility index (Phi) is 4.02. The molecular weight excluding hydrogens is 264 g/mol. The van der Waals surface area contributed by atoms with Crippen LogP contribution in [0.25, 0.3) is 0 Å². The standard InChI is InChI=1S/C12H16N4O2S/c13-8-11-1-4-15-12(7-11)16-5-2-10(3-6-16)9-19(14,17)18/h1,4,7,10H,2-3,5-6,9H2,(H2,14,17,18). The Balaban J connectivity index is 1.98. The van der Waals surface area contributed by atoms with Crippen LogP contribution in [0.2, 0.25) is 0 Å². The minimum absolute atomic E-state index is 0.0481. The van der Waals surface area contributed by atoms with Crippen LogP contribution in [0.3, 0.4) is 0 Å². The molecule has 7 heteroatoms. The van der Waals surface area contributed by atoms with Crippen molar-refractivity contribution in [2.24, 2.45) is 11.1 Å². The predicted molar refractivity (Wildman–Crippen MR) is 71.9 cm³/mol. The van der Waals surface area contributed by atoms with Crippen LogP contribution in [0, 0.1) is 17.2 Å². The van der Waals surface area contributed by atoms with Crippen LogP contribution in [-0.2, 0) is 10.0 Å². The average molecular weight is 280 g/mol. The number of rotatable bonds is 3. The molecule has 2 heterocycles. The summed E-state index contributed by atoms with van der Waals surface area (Å²) in [5.74, 6) is 0.936. The van der Waals surface area contributed by atoms with Gasteiger partial charge in [-0.2, -0.15) is 5.26 Å². The topological polar surface area (TPSA) is 100 Å². The molecule has 1 aliphatic heterocycles. The lowest BCUT2D eigenvalue weighted by Crippen LogP contribution is -2.37. The van der Waals surface area contributed by atoms with Gasteiger partial charge in [-0.05, 0) is 30.9 Å². The molecule has 19 heavy (non-hydrogen) atoms. The normalized spacial score (nSPS) is 17.2. The molecule has 0 aromatic carbocycles. The summed E-state index contributed by atoms with van der Waals surface area (Å²) in [5, 5.41) is 13.9. The number of primary sulfonamides is 1. The SMILES string of the molecule is N#Cc1ccnc(N2CCC(CS(N)(=O)=O)CC2)c1. The summed E-state index contributed by atoms with van der Waals surface area (Å²) in [4.78, 5) is 6.31. The van der Waals surface area contributed by atoms with E-state index in [1.165, 1.54) is 0 Å². The summed E-state index contributed by atoms with van der Waals surface area (Å²) in [6.07, 6.45) is 3.16. The maximum absolute atomic E-state index is 11.1. The van der Waals surface area contributed by atoms with E-state index < -0.39 is 10.0 Å². The van der Waals surface area contributed by atoms with Gasteiger partial charge in [0.25, 0.3) is 0 Å². The van der Waals surface area contributed by atoms with Crippen molar-refractivity contribution in [1.82, 2.24) is 4.98 Å². The third-order valence-electron chi connectivity index (χ3n) is 3.28. The lowest BCUT2D eigenvalue weighted by Gasteiger charge is -2.32. The maximum atomic E-state index is 11.1. The molecule has 1 aromatic rings. The van der Waals surface area contributed by atoms with Gasteiger partial charge in [-0.15, -0.1) is 0 Å². The molecule has 0 atom stereocenters. The van der Waals surface area contributed by atoms with Gasteiger partial charge in [-0.1, -0.05) is 0 Å². The molecule has 0 spiro atoms. The van der Waals surface area contributed by atoms with Gasteiger partial charge in [0.2, 0.25) is 10.0 Å². The lowest BCUT2D eigenvalue weighted by molar-refractivity contribution is 0.434. The largest absolute Gasteiger partial charge is 0.357 e. The fourth-order valence-electron chi connectivity index (χ4n) is 2.32. The zero-order chi connectivity index (χ0) is 13.9. The van der Waals surface area contributed by atoms with Gasteiger partial charge >= 0.3 is 0 Å². The van der Waals surface area contributed by atoms with Crippen molar-refractivity contribution in [1.29, 1.82) is 5.26 Å². The monoisotopic (exact) mass is 280 g/mol. The first-order valence-corrected chi connectivity index (χ1v) is 7.81. The Morgan fingerprint density at radius 1 is 1.47 bits per heavy atom. The maximum Gasteiger partial charge on any atom is 0.209 e. The Labute approximate surface area is 112 Å². The van der Waals surface area contributed by atoms with Crippen molar-refractivity contribution in [2.75, 3.05) is 23.7 Å². The number of hydrogen-bond acceptors (Lipinski definition) is 5. The number of aromatic nitrogens is 1. The Hall–Kier alpha value is -1.65. The molecule has 1 aromatic heterocycles. The summed E-state index contributed by atoms with van der Waals surface area (Å²) in [7, 11) is -3.39. The van der Waals surface area contributed by atoms with E-state index in [2.05, 4.69) is 16.0 Å². The van der Waals surface area contributed by atoms with Gasteiger partial charge in [0.05, 0.1) is 17.4 Å². The highest BCUT2D eigenvalue weighted by atomic mass is 32.2. The zero-order valence-corrected chi connectivity index (χ0v) is 11.3. The molecule has 102 valence electrons. The highest BCUT2D eigenvalue weighted by Crippen LogP contribution is 2.22. The number of hydrogen-bond donors (Lipinski definition) is 1. The van der Waals surface area contributed by atoms with Crippen molar-refractivity contribution in [3.05, 3.63) is 23.9 Å². The minimum atomic E-state index is -3.39. The first kappa shape index (κ1) is 13.8. The molecule has 0 bridgehead atoms. The van der Waals surface area contributed by atoms with E-state index in [-0.39, 0.29) is 11.7 Å². The summed E-state index contributed by atoms with van der Waals surface area (Å²) < 4.78 is 22.1. The van der Waals surface area contributed by atoms with Gasteiger partial charge in [0.1, 0.15) is 5.82 Å². The molecule has 2 N–H and O–H groups in total. The highest BCUT2D eigenvalue weighted by Gasteiger charge is 2.23. The van der Waals surface area contributed by atoms with Crippen LogP contribution in [0.4, 0.5) is 5.82 Å². The third kappa shape index (κ3) is 3.91. The number of pyridine rings is 1. The van der Waals surface area contributed by atoms with Gasteiger partial charge in [0.15, 0.2) is 0 Å². The average Bonchev–Trinajstić information content (AvgIpc) is 2.38. The number of sulfonamides is 1. The van der Waals surface area contributed by atoms with E-state index in [0.29, 0.717) is 5.56 Å². The smallest absolute Gasteiger partial charge is 0.209 e. The predicted octanol–water partition coefficient (Wildman–Crippen LogP) is 0.458. The van der Waals surface area contributed by atoms with Crippen LogP contribution >= 0.6 is 0 Å². The van der Waals surface area contributed by atoms with E-state index in [1.807, 2.05) is 0 Å². The number of piperidine rings is 1. The summed E-state index contributed by atoms with van der Waals surface area (Å²) in [5.41, 5.74) is 0.580. The van der Waals surface area contributed by atoms with E-state index in [0.717, 1.165) is 31.7 Å². The van der Waals surface area contributed by atoms with Crippen LogP contribution in [0.5, 0.6) is 0 Å². The van der Waals surface area contributed by atoms with Crippen molar-refractivity contribution < 1.29 is 8.42 Å². The van der Waals surface area contributed by atoms with Crippen LogP contribution in [0.15, 0.2) is 18.3 Å². The van der Waals surface area contributed by atoms with Gasteiger partial charge in [0, 0.05) is 19.3 Å². The van der Waals surface area contributed by atoms with Crippen LogP contribution in [0.1, 0.15) is 18.4 Å². The lowest BCUT2D eigenvalue weighted by atomic mass is 9.99. The molecule has 1 saturated heterocycles. The number of nitrogens with zero attached hydrogens (tertiary/aromatic N) is 3. The molecular formula is C12H16N4O2S. The van der Waals surface area contributed by atoms with E-state index in [1.54, 1.807) is 18.3 Å². The van der Waals surface area contributed by atoms with Crippen molar-refractivity contribution in [3.63, 3.8) is 0 Å². The Morgan fingerprint density at radius 3 is 2.74 bits per heavy atom. The second kappa shape index (κ2) is 5.55. The zero-order valence-electron chi connectivity index (χ0n) is 10.5. The third-order valence-corrected chi connectivity index (χ3v) is 4.22. The molecule has 0 amide bonds. The fourth-order valence-corrected chi connectivity index (χ4v) is 3.31. The molecule has 1 fully saturated rings. The van der Waals surface area contributed by atoms with Gasteiger partial charge < -0.3 is 4.90 Å². The van der Waals surface area contributed by atoms with Crippen LogP contribution < -0.4 is 10.0 Å². The Bertz CT molecular complexity index is 586. The first-order valence-electron chi connectivity index (χ1n) is 6.09. The van der Waals surface area contributed by atoms with Crippen LogP contribution in [-0.4, -0.2) is 32.2 Å². The molecule has 0 radical (unpaired) electrons. The Morgan fingerprint density at radius 2 is 2.16 bits per heavy atom. The highest BCUT2D eigenvalue weighted by molar-refractivity contribution is 7.89. The number of nitriles is 1. The summed E-state index contributed by atoms with van der Waals surface area (Å²) in [6.45, 7) is 1.48. The molecule has 6 nitrogen and oxygen atoms in total. The summed E-state index contributed by atoms with van der Waals surface area (Å²) in [6, 6.07) is 5.50. The summed E-state index contributed by atoms with van der Waals surface area (Å²) >= 11 is 0. The molecule has 0 unspecified atom stereocenters. The fraction of sp³-hybridized carbons (Fsp3) is 0.500. The number of anilines is 1. The minimum Gasteiger partial charge on any atom is -0.357 e. The number of nitrogens with two attached hydrogens (primary N) is 1. The molecule has 1 aliphatic rings. The van der Waals surface area contributed by atoms with Crippen molar-refractivity contribution in [2.45, 2.75) is 12.8 Å². The van der Waals surface area contributed by atoms with Gasteiger partial charge in [-0.3, -0.25) is 0 Å².